The molecule has 0 bridgehead atoms. The zero-order valence-electron chi connectivity index (χ0n) is 13.6. The van der Waals surface area contributed by atoms with Crippen molar-refractivity contribution < 1.29 is 19.7 Å². The fourth-order valence-corrected chi connectivity index (χ4v) is 1.87. The lowest BCUT2D eigenvalue weighted by Crippen LogP contribution is -2.42. The van der Waals surface area contributed by atoms with Gasteiger partial charge in [0.1, 0.15) is 18.5 Å². The van der Waals surface area contributed by atoms with E-state index in [1.54, 1.807) is 0 Å². The van der Waals surface area contributed by atoms with Crippen LogP contribution in [0.2, 0.25) is 0 Å². The number of nitrogens with one attached hydrogen (secondary N) is 1. The molecular formula is C17H27NO4. The van der Waals surface area contributed by atoms with Gasteiger partial charge in [0.2, 0.25) is 0 Å². The third kappa shape index (κ3) is 8.64. The number of aliphatic carboxylic acids is 1. The smallest absolute Gasteiger partial charge is 0.303 e. The molecule has 0 unspecified atom stereocenters. The Morgan fingerprint density at radius 2 is 1.91 bits per heavy atom. The van der Waals surface area contributed by atoms with E-state index in [0.29, 0.717) is 18.7 Å². The Hall–Kier alpha value is -1.59. The van der Waals surface area contributed by atoms with Crippen molar-refractivity contribution in [2.24, 2.45) is 0 Å². The maximum atomic E-state index is 10.5. The Bertz CT molecular complexity index is 451. The summed E-state index contributed by atoms with van der Waals surface area (Å²) < 4.78 is 5.55. The van der Waals surface area contributed by atoms with Crippen LogP contribution in [0, 0.1) is 0 Å². The van der Waals surface area contributed by atoms with Crippen LogP contribution in [-0.2, 0) is 11.2 Å². The normalized spacial score (nSPS) is 12.9. The van der Waals surface area contributed by atoms with Crippen molar-refractivity contribution in [1.82, 2.24) is 5.32 Å². The Balaban J connectivity index is 2.30. The Morgan fingerprint density at radius 3 is 2.45 bits per heavy atom. The second-order valence-corrected chi connectivity index (χ2v) is 6.49. The number of hydrogen-bond donors (Lipinski definition) is 3. The van der Waals surface area contributed by atoms with Crippen LogP contribution in [0.25, 0.3) is 0 Å². The number of hydrogen-bond acceptors (Lipinski definition) is 4. The molecule has 1 aromatic carbocycles. The first kappa shape index (κ1) is 18.5. The van der Waals surface area contributed by atoms with E-state index in [-0.39, 0.29) is 18.6 Å². The first-order chi connectivity index (χ1) is 10.3. The zero-order valence-corrected chi connectivity index (χ0v) is 13.6. The predicted molar refractivity (Wildman–Crippen MR) is 86.3 cm³/mol. The van der Waals surface area contributed by atoms with E-state index >= 15 is 0 Å². The molecule has 1 aromatic rings. The molecule has 0 aliphatic carbocycles. The third-order valence-electron chi connectivity index (χ3n) is 3.09. The number of β-amino-alcohol motifs (C(OH)–C–C–N with tert-alkyl or cyclic N) is 1. The summed E-state index contributed by atoms with van der Waals surface area (Å²) in [6.07, 6.45) is 0.998. The van der Waals surface area contributed by atoms with Crippen molar-refractivity contribution in [3.63, 3.8) is 0 Å². The topological polar surface area (TPSA) is 78.8 Å². The fraction of sp³-hybridized carbons (Fsp3) is 0.588. The van der Waals surface area contributed by atoms with Crippen molar-refractivity contribution >= 4 is 5.97 Å². The number of aliphatic hydroxyl groups excluding tert-OH is 1. The highest BCUT2D eigenvalue weighted by atomic mass is 16.5. The van der Waals surface area contributed by atoms with Crippen molar-refractivity contribution in [1.29, 1.82) is 0 Å². The molecule has 0 saturated heterocycles. The molecule has 0 fully saturated rings. The lowest BCUT2D eigenvalue weighted by molar-refractivity contribution is -0.137. The van der Waals surface area contributed by atoms with Gasteiger partial charge in [-0.05, 0) is 51.3 Å². The number of aliphatic hydroxyl groups is 1. The summed E-state index contributed by atoms with van der Waals surface area (Å²) in [4.78, 5) is 10.5. The first-order valence-corrected chi connectivity index (χ1v) is 7.63. The van der Waals surface area contributed by atoms with Crippen molar-refractivity contribution in [2.45, 2.75) is 51.7 Å². The lowest BCUT2D eigenvalue weighted by atomic mass is 10.1. The minimum absolute atomic E-state index is 0.0292. The molecule has 0 spiro atoms. The van der Waals surface area contributed by atoms with Crippen LogP contribution in [0.4, 0.5) is 0 Å². The van der Waals surface area contributed by atoms with Gasteiger partial charge in [0.05, 0.1) is 0 Å². The highest BCUT2D eigenvalue weighted by Crippen LogP contribution is 2.14. The van der Waals surface area contributed by atoms with Crippen LogP contribution >= 0.6 is 0 Å². The summed E-state index contributed by atoms with van der Waals surface area (Å²) in [5, 5.41) is 21.7. The van der Waals surface area contributed by atoms with E-state index in [4.69, 9.17) is 9.84 Å². The van der Waals surface area contributed by atoms with Gasteiger partial charge < -0.3 is 20.3 Å². The summed E-state index contributed by atoms with van der Waals surface area (Å²) in [5.41, 5.74) is 1.06. The fourth-order valence-electron chi connectivity index (χ4n) is 1.87. The van der Waals surface area contributed by atoms with E-state index in [1.807, 2.05) is 45.0 Å². The summed E-state index contributed by atoms with van der Waals surface area (Å²) >= 11 is 0. The maximum Gasteiger partial charge on any atom is 0.303 e. The molecule has 0 radical (unpaired) electrons. The van der Waals surface area contributed by atoms with Crippen LogP contribution in [-0.4, -0.2) is 41.0 Å². The molecule has 0 aromatic heterocycles. The Labute approximate surface area is 132 Å². The average Bonchev–Trinajstić information content (AvgIpc) is 2.43. The molecule has 5 heteroatoms. The van der Waals surface area contributed by atoms with Gasteiger partial charge in [0.25, 0.3) is 0 Å². The number of benzene rings is 1. The monoisotopic (exact) mass is 309 g/mol. The van der Waals surface area contributed by atoms with Crippen molar-refractivity contribution in [3.05, 3.63) is 29.8 Å². The molecule has 5 nitrogen and oxygen atoms in total. The van der Waals surface area contributed by atoms with Crippen LogP contribution in [0.5, 0.6) is 5.75 Å². The second-order valence-electron chi connectivity index (χ2n) is 6.49. The van der Waals surface area contributed by atoms with Gasteiger partial charge >= 0.3 is 5.97 Å². The lowest BCUT2D eigenvalue weighted by Gasteiger charge is -2.23. The number of aryl methyl sites for hydroxylation is 1. The van der Waals surface area contributed by atoms with E-state index in [2.05, 4.69) is 5.32 Å². The van der Waals surface area contributed by atoms with Gasteiger partial charge in [-0.15, -0.1) is 0 Å². The van der Waals surface area contributed by atoms with Gasteiger partial charge in [-0.25, -0.2) is 0 Å². The molecule has 3 N–H and O–H groups in total. The second kappa shape index (κ2) is 8.76. The number of carbonyl (C=O) groups is 1. The summed E-state index contributed by atoms with van der Waals surface area (Å²) in [5.74, 6) is -0.0606. The zero-order chi connectivity index (χ0) is 16.6. The quantitative estimate of drug-likeness (QED) is 0.652. The molecular weight excluding hydrogens is 282 g/mol. The van der Waals surface area contributed by atoms with Crippen LogP contribution < -0.4 is 10.1 Å². The van der Waals surface area contributed by atoms with Crippen molar-refractivity contribution in [2.75, 3.05) is 13.2 Å². The van der Waals surface area contributed by atoms with E-state index in [0.717, 1.165) is 12.0 Å². The standard InChI is InChI=1S/C17H27NO4/c1-17(2,3)18-11-14(19)12-22-15-9-7-13(8-10-15)5-4-6-16(20)21/h7-10,14,18-19H,4-6,11-12H2,1-3H3,(H,20,21)/t14-/m0/s1. The SMILES string of the molecule is CC(C)(C)NC[C@H](O)COc1ccc(CCCC(=O)O)cc1. The van der Waals surface area contributed by atoms with E-state index in [1.165, 1.54) is 0 Å². The number of rotatable bonds is 9. The Morgan fingerprint density at radius 1 is 1.27 bits per heavy atom. The molecule has 1 rings (SSSR count). The molecule has 0 heterocycles. The van der Waals surface area contributed by atoms with E-state index < -0.39 is 12.1 Å². The summed E-state index contributed by atoms with van der Waals surface area (Å²) in [6.45, 7) is 6.86. The third-order valence-corrected chi connectivity index (χ3v) is 3.09. The highest BCUT2D eigenvalue weighted by molar-refractivity contribution is 5.66. The van der Waals surface area contributed by atoms with Crippen LogP contribution in [0.3, 0.4) is 0 Å². The van der Waals surface area contributed by atoms with E-state index in [9.17, 15) is 9.90 Å². The Kier molecular flexibility index (Phi) is 7.35. The van der Waals surface area contributed by atoms with Crippen LogP contribution in [0.15, 0.2) is 24.3 Å². The molecule has 0 aliphatic heterocycles. The molecule has 0 amide bonds. The van der Waals surface area contributed by atoms with Gasteiger partial charge in [-0.3, -0.25) is 4.79 Å². The van der Waals surface area contributed by atoms with Gasteiger partial charge in [-0.1, -0.05) is 12.1 Å². The van der Waals surface area contributed by atoms with Gasteiger partial charge in [0.15, 0.2) is 0 Å². The van der Waals surface area contributed by atoms with Gasteiger partial charge in [-0.2, -0.15) is 0 Å². The number of carboxylic acid groups (broad SMARTS) is 1. The summed E-state index contributed by atoms with van der Waals surface area (Å²) in [7, 11) is 0. The van der Waals surface area contributed by atoms with Gasteiger partial charge in [0, 0.05) is 18.5 Å². The van der Waals surface area contributed by atoms with Crippen LogP contribution in [0.1, 0.15) is 39.2 Å². The van der Waals surface area contributed by atoms with Crippen molar-refractivity contribution in [3.8, 4) is 5.75 Å². The maximum absolute atomic E-state index is 10.5. The number of carboxylic acids is 1. The summed E-state index contributed by atoms with van der Waals surface area (Å²) in [6, 6.07) is 7.55. The predicted octanol–water partition coefficient (Wildman–Crippen LogP) is 2.22. The molecule has 0 aliphatic rings. The average molecular weight is 309 g/mol. The molecule has 124 valence electrons. The molecule has 22 heavy (non-hydrogen) atoms. The first-order valence-electron chi connectivity index (χ1n) is 7.63. The number of ether oxygens (including phenoxy) is 1. The molecule has 1 atom stereocenters. The minimum atomic E-state index is -0.766. The molecule has 0 saturated carbocycles. The largest absolute Gasteiger partial charge is 0.491 e. The minimum Gasteiger partial charge on any atom is -0.491 e. The highest BCUT2D eigenvalue weighted by Gasteiger charge is 2.12.